The highest BCUT2D eigenvalue weighted by Crippen LogP contribution is 2.24. The molecule has 1 N–H and O–H groups in total. The first-order valence-electron chi connectivity index (χ1n) is 7.20. The highest BCUT2D eigenvalue weighted by atomic mass is 19.1. The van der Waals surface area contributed by atoms with Crippen molar-refractivity contribution in [3.8, 4) is 5.75 Å². The molecule has 1 aromatic heterocycles. The van der Waals surface area contributed by atoms with Gasteiger partial charge in [0, 0.05) is 18.4 Å². The molecular weight excluding hydrogens is 267 g/mol. The number of aryl methyl sites for hydroxylation is 1. The van der Waals surface area contributed by atoms with Gasteiger partial charge in [-0.05, 0) is 48.7 Å². The first-order chi connectivity index (χ1) is 10.2. The van der Waals surface area contributed by atoms with Crippen molar-refractivity contribution >= 4 is 0 Å². The predicted molar refractivity (Wildman–Crippen MR) is 81.9 cm³/mol. The lowest BCUT2D eigenvalue weighted by molar-refractivity contribution is 0.385. The molecule has 1 aromatic carbocycles. The molecule has 0 fully saturated rings. The van der Waals surface area contributed by atoms with Crippen LogP contribution < -0.4 is 10.1 Å². The van der Waals surface area contributed by atoms with Gasteiger partial charge in [-0.2, -0.15) is 0 Å². The van der Waals surface area contributed by atoms with Crippen LogP contribution in [0.4, 0.5) is 4.39 Å². The van der Waals surface area contributed by atoms with Crippen molar-refractivity contribution in [2.45, 2.75) is 25.8 Å². The Hall–Kier alpha value is -1.94. The van der Waals surface area contributed by atoms with E-state index in [1.807, 2.05) is 18.3 Å². The lowest BCUT2D eigenvalue weighted by atomic mass is 9.99. The van der Waals surface area contributed by atoms with E-state index in [1.54, 1.807) is 18.3 Å². The smallest absolute Gasteiger partial charge is 0.165 e. The van der Waals surface area contributed by atoms with Gasteiger partial charge in [0.15, 0.2) is 11.6 Å². The summed E-state index contributed by atoms with van der Waals surface area (Å²) in [6.45, 7) is 2.89. The molecule has 0 aliphatic rings. The fourth-order valence-corrected chi connectivity index (χ4v) is 2.39. The SMILES string of the molecule is CCNC(CCc1cccnc1)c1ccc(OC)c(F)c1. The minimum atomic E-state index is -0.320. The van der Waals surface area contributed by atoms with Crippen LogP contribution in [0.1, 0.15) is 30.5 Å². The van der Waals surface area contributed by atoms with Crippen molar-refractivity contribution in [2.75, 3.05) is 13.7 Å². The molecule has 1 atom stereocenters. The summed E-state index contributed by atoms with van der Waals surface area (Å²) in [5.74, 6) is -0.0412. The van der Waals surface area contributed by atoms with Gasteiger partial charge in [-0.25, -0.2) is 4.39 Å². The fraction of sp³-hybridized carbons (Fsp3) is 0.353. The second-order valence-corrected chi connectivity index (χ2v) is 4.90. The number of halogens is 1. The third kappa shape index (κ3) is 4.26. The highest BCUT2D eigenvalue weighted by molar-refractivity contribution is 5.31. The first-order valence-corrected chi connectivity index (χ1v) is 7.20. The Morgan fingerprint density at radius 1 is 1.33 bits per heavy atom. The van der Waals surface area contributed by atoms with E-state index in [0.29, 0.717) is 0 Å². The largest absolute Gasteiger partial charge is 0.494 e. The van der Waals surface area contributed by atoms with Crippen LogP contribution in [-0.4, -0.2) is 18.6 Å². The summed E-state index contributed by atoms with van der Waals surface area (Å²) in [7, 11) is 1.47. The number of methoxy groups -OCH3 is 1. The van der Waals surface area contributed by atoms with Gasteiger partial charge in [-0.1, -0.05) is 19.1 Å². The van der Waals surface area contributed by atoms with Gasteiger partial charge in [-0.3, -0.25) is 4.98 Å². The van der Waals surface area contributed by atoms with Gasteiger partial charge in [0.05, 0.1) is 7.11 Å². The van der Waals surface area contributed by atoms with Crippen molar-refractivity contribution in [2.24, 2.45) is 0 Å². The van der Waals surface area contributed by atoms with Gasteiger partial charge in [0.2, 0.25) is 0 Å². The van der Waals surface area contributed by atoms with Crippen LogP contribution in [0.25, 0.3) is 0 Å². The molecule has 21 heavy (non-hydrogen) atoms. The summed E-state index contributed by atoms with van der Waals surface area (Å²) in [5, 5.41) is 3.41. The Kier molecular flexibility index (Phi) is 5.69. The molecule has 0 saturated carbocycles. The molecule has 3 nitrogen and oxygen atoms in total. The van der Waals surface area contributed by atoms with Gasteiger partial charge in [0.25, 0.3) is 0 Å². The van der Waals surface area contributed by atoms with Crippen molar-refractivity contribution in [3.63, 3.8) is 0 Å². The normalized spacial score (nSPS) is 12.1. The zero-order valence-electron chi connectivity index (χ0n) is 12.5. The number of hydrogen-bond donors (Lipinski definition) is 1. The Morgan fingerprint density at radius 3 is 2.81 bits per heavy atom. The molecule has 2 rings (SSSR count). The summed E-state index contributed by atoms with van der Waals surface area (Å²) in [5.41, 5.74) is 2.13. The summed E-state index contributed by atoms with van der Waals surface area (Å²) in [6.07, 6.45) is 5.44. The lowest BCUT2D eigenvalue weighted by Crippen LogP contribution is -2.21. The molecule has 2 aromatic rings. The number of rotatable bonds is 7. The summed E-state index contributed by atoms with van der Waals surface area (Å²) < 4.78 is 18.8. The summed E-state index contributed by atoms with van der Waals surface area (Å²) in [6, 6.07) is 9.26. The second-order valence-electron chi connectivity index (χ2n) is 4.90. The molecule has 0 amide bonds. The van der Waals surface area contributed by atoms with E-state index in [9.17, 15) is 4.39 Å². The molecule has 1 heterocycles. The van der Waals surface area contributed by atoms with Gasteiger partial charge < -0.3 is 10.1 Å². The average molecular weight is 288 g/mol. The topological polar surface area (TPSA) is 34.2 Å². The number of nitrogens with zero attached hydrogens (tertiary/aromatic N) is 1. The standard InChI is InChI=1S/C17H21FN2O/c1-3-20-16(8-6-13-5-4-10-19-12-13)14-7-9-17(21-2)15(18)11-14/h4-5,7,9-12,16,20H,3,6,8H2,1-2H3. The van der Waals surface area contributed by atoms with E-state index in [1.165, 1.54) is 12.7 Å². The van der Waals surface area contributed by atoms with E-state index >= 15 is 0 Å². The van der Waals surface area contributed by atoms with Crippen LogP contribution >= 0.6 is 0 Å². The lowest BCUT2D eigenvalue weighted by Gasteiger charge is -2.19. The molecule has 112 valence electrons. The zero-order valence-corrected chi connectivity index (χ0v) is 12.5. The minimum Gasteiger partial charge on any atom is -0.494 e. The first kappa shape index (κ1) is 15.4. The fourth-order valence-electron chi connectivity index (χ4n) is 2.39. The molecule has 0 bridgehead atoms. The number of nitrogens with one attached hydrogen (secondary N) is 1. The maximum atomic E-state index is 13.9. The van der Waals surface area contributed by atoms with E-state index in [2.05, 4.69) is 23.3 Å². The third-order valence-corrected chi connectivity index (χ3v) is 3.47. The Bertz CT molecular complexity index is 560. The third-order valence-electron chi connectivity index (χ3n) is 3.47. The van der Waals surface area contributed by atoms with E-state index in [4.69, 9.17) is 4.74 Å². The van der Waals surface area contributed by atoms with Crippen molar-refractivity contribution in [1.29, 1.82) is 0 Å². The van der Waals surface area contributed by atoms with E-state index < -0.39 is 0 Å². The molecular formula is C17H21FN2O. The van der Waals surface area contributed by atoms with Crippen LogP contribution in [0.15, 0.2) is 42.7 Å². The molecule has 0 aliphatic carbocycles. The zero-order chi connectivity index (χ0) is 15.1. The Labute approximate surface area is 125 Å². The van der Waals surface area contributed by atoms with Crippen molar-refractivity contribution in [3.05, 3.63) is 59.7 Å². The molecule has 0 radical (unpaired) electrons. The highest BCUT2D eigenvalue weighted by Gasteiger charge is 2.13. The number of benzene rings is 1. The van der Waals surface area contributed by atoms with Gasteiger partial charge >= 0.3 is 0 Å². The molecule has 1 unspecified atom stereocenters. The van der Waals surface area contributed by atoms with Gasteiger partial charge in [0.1, 0.15) is 0 Å². The van der Waals surface area contributed by atoms with Crippen LogP contribution in [0.2, 0.25) is 0 Å². The monoisotopic (exact) mass is 288 g/mol. The van der Waals surface area contributed by atoms with Crippen LogP contribution in [0, 0.1) is 5.82 Å². The number of aromatic nitrogens is 1. The molecule has 0 spiro atoms. The van der Waals surface area contributed by atoms with Crippen molar-refractivity contribution in [1.82, 2.24) is 10.3 Å². The quantitative estimate of drug-likeness (QED) is 0.846. The van der Waals surface area contributed by atoms with Crippen molar-refractivity contribution < 1.29 is 9.13 Å². The van der Waals surface area contributed by atoms with Gasteiger partial charge in [-0.15, -0.1) is 0 Å². The maximum Gasteiger partial charge on any atom is 0.165 e. The molecule has 4 heteroatoms. The Balaban J connectivity index is 2.09. The summed E-state index contributed by atoms with van der Waals surface area (Å²) in [4.78, 5) is 4.12. The van der Waals surface area contributed by atoms with E-state index in [-0.39, 0.29) is 17.6 Å². The summed E-state index contributed by atoms with van der Waals surface area (Å²) >= 11 is 0. The number of pyridine rings is 1. The minimum absolute atomic E-state index is 0.121. The van der Waals surface area contributed by atoms with E-state index in [0.717, 1.165) is 24.9 Å². The number of ether oxygens (including phenoxy) is 1. The maximum absolute atomic E-state index is 13.9. The predicted octanol–water partition coefficient (Wildman–Crippen LogP) is 3.51. The number of hydrogen-bond acceptors (Lipinski definition) is 3. The molecule has 0 aliphatic heterocycles. The molecule has 0 saturated heterocycles. The Morgan fingerprint density at radius 2 is 2.19 bits per heavy atom. The second kappa shape index (κ2) is 7.74. The van der Waals surface area contributed by atoms with Crippen LogP contribution in [0.5, 0.6) is 5.75 Å². The van der Waals surface area contributed by atoms with Crippen LogP contribution in [0.3, 0.4) is 0 Å². The average Bonchev–Trinajstić information content (AvgIpc) is 2.52. The van der Waals surface area contributed by atoms with Crippen LogP contribution in [-0.2, 0) is 6.42 Å².